The summed E-state index contributed by atoms with van der Waals surface area (Å²) in [5.74, 6) is 0. The van der Waals surface area contributed by atoms with Crippen LogP contribution in [0.3, 0.4) is 0 Å². The zero-order valence-corrected chi connectivity index (χ0v) is 13.2. The number of hydrogen-bond donors (Lipinski definition) is 1. The quantitative estimate of drug-likeness (QED) is 0.832. The van der Waals surface area contributed by atoms with Gasteiger partial charge in [-0.1, -0.05) is 17.7 Å². The number of benzene rings is 1. The van der Waals surface area contributed by atoms with Crippen LogP contribution in [0.2, 0.25) is 5.02 Å². The lowest BCUT2D eigenvalue weighted by atomic mass is 10.0. The third kappa shape index (κ3) is 3.24. The minimum absolute atomic E-state index is 0.231. The largest absolute Gasteiger partial charge is 0.313 e. The Morgan fingerprint density at radius 1 is 1.44 bits per heavy atom. The molecule has 1 heterocycles. The van der Waals surface area contributed by atoms with Crippen molar-refractivity contribution in [2.45, 2.75) is 12.5 Å². The molecule has 0 aliphatic heterocycles. The van der Waals surface area contributed by atoms with E-state index in [1.165, 1.54) is 5.56 Å². The fourth-order valence-corrected chi connectivity index (χ4v) is 2.42. The van der Waals surface area contributed by atoms with Gasteiger partial charge in [0.25, 0.3) is 0 Å². The predicted molar refractivity (Wildman–Crippen MR) is 82.9 cm³/mol. The molecular weight excluding hydrogens is 361 g/mol. The number of nitrogens with one attached hydrogen (secondary N) is 1. The maximum atomic E-state index is 6.17. The minimum Gasteiger partial charge on any atom is -0.313 e. The van der Waals surface area contributed by atoms with E-state index in [0.717, 1.165) is 20.7 Å². The van der Waals surface area contributed by atoms with Crippen LogP contribution in [-0.2, 0) is 13.5 Å². The summed E-state index contributed by atoms with van der Waals surface area (Å²) in [7, 11) is 3.89. The fourth-order valence-electron chi connectivity index (χ4n) is 1.90. The predicted octanol–water partition coefficient (Wildman–Crippen LogP) is 3.18. The van der Waals surface area contributed by atoms with Gasteiger partial charge in [-0.05, 0) is 53.4 Å². The number of halogens is 2. The zero-order chi connectivity index (χ0) is 13.1. The number of hydrogen-bond acceptors (Lipinski definition) is 2. The van der Waals surface area contributed by atoms with Gasteiger partial charge in [0.05, 0.1) is 10.7 Å². The molecule has 3 nitrogen and oxygen atoms in total. The van der Waals surface area contributed by atoms with Gasteiger partial charge in [0, 0.05) is 29.3 Å². The van der Waals surface area contributed by atoms with E-state index >= 15 is 0 Å². The van der Waals surface area contributed by atoms with Gasteiger partial charge in [-0.25, -0.2) is 0 Å². The zero-order valence-electron chi connectivity index (χ0n) is 10.3. The molecule has 0 aliphatic rings. The van der Waals surface area contributed by atoms with Gasteiger partial charge in [0.2, 0.25) is 0 Å². The van der Waals surface area contributed by atoms with Crippen LogP contribution < -0.4 is 5.32 Å². The molecule has 1 aromatic carbocycles. The topological polar surface area (TPSA) is 29.9 Å². The summed E-state index contributed by atoms with van der Waals surface area (Å²) in [5.41, 5.74) is 2.26. The van der Waals surface area contributed by atoms with Crippen molar-refractivity contribution in [2.24, 2.45) is 7.05 Å². The molecule has 0 radical (unpaired) electrons. The lowest BCUT2D eigenvalue weighted by Gasteiger charge is -2.16. The van der Waals surface area contributed by atoms with E-state index in [1.54, 1.807) is 0 Å². The van der Waals surface area contributed by atoms with Crippen molar-refractivity contribution >= 4 is 34.2 Å². The molecule has 2 aromatic rings. The van der Waals surface area contributed by atoms with Crippen LogP contribution in [0.4, 0.5) is 0 Å². The molecule has 1 atom stereocenters. The lowest BCUT2D eigenvalue weighted by Crippen LogP contribution is -2.19. The van der Waals surface area contributed by atoms with Crippen LogP contribution in [0, 0.1) is 3.57 Å². The molecule has 0 bridgehead atoms. The van der Waals surface area contributed by atoms with E-state index in [9.17, 15) is 0 Å². The van der Waals surface area contributed by atoms with Crippen LogP contribution in [0.25, 0.3) is 0 Å². The van der Waals surface area contributed by atoms with Crippen molar-refractivity contribution in [3.63, 3.8) is 0 Å². The highest BCUT2D eigenvalue weighted by Crippen LogP contribution is 2.24. The number of rotatable bonds is 4. The van der Waals surface area contributed by atoms with Crippen LogP contribution in [0.5, 0.6) is 0 Å². The molecule has 18 heavy (non-hydrogen) atoms. The standard InChI is InChI=1S/C13H15ClIN3/c1-16-13(8-10-5-6-18(2)17-10)9-3-4-12(15)11(14)7-9/h3-7,13,16H,8H2,1-2H3. The molecule has 0 saturated carbocycles. The van der Waals surface area contributed by atoms with Crippen LogP contribution in [-0.4, -0.2) is 16.8 Å². The Labute approximate surface area is 126 Å². The smallest absolute Gasteiger partial charge is 0.0643 e. The van der Waals surface area contributed by atoms with Crippen molar-refractivity contribution in [1.82, 2.24) is 15.1 Å². The SMILES string of the molecule is CNC(Cc1ccn(C)n1)c1ccc(I)c(Cl)c1. The molecule has 0 spiro atoms. The second kappa shape index (κ2) is 6.04. The van der Waals surface area contributed by atoms with E-state index in [-0.39, 0.29) is 6.04 Å². The Bertz CT molecular complexity index is 539. The maximum absolute atomic E-state index is 6.17. The lowest BCUT2D eigenvalue weighted by molar-refractivity contribution is 0.577. The Kier molecular flexibility index (Phi) is 4.64. The van der Waals surface area contributed by atoms with E-state index in [0.29, 0.717) is 0 Å². The van der Waals surface area contributed by atoms with Gasteiger partial charge < -0.3 is 5.32 Å². The van der Waals surface area contributed by atoms with E-state index in [1.807, 2.05) is 43.2 Å². The third-order valence-electron chi connectivity index (χ3n) is 2.88. The van der Waals surface area contributed by atoms with E-state index in [4.69, 9.17) is 11.6 Å². The highest BCUT2D eigenvalue weighted by Gasteiger charge is 2.12. The van der Waals surface area contributed by atoms with E-state index < -0.39 is 0 Å². The number of aryl methyl sites for hydroxylation is 1. The van der Waals surface area contributed by atoms with Crippen LogP contribution in [0.15, 0.2) is 30.5 Å². The molecule has 96 valence electrons. The van der Waals surface area contributed by atoms with Gasteiger partial charge in [-0.3, -0.25) is 4.68 Å². The number of nitrogens with zero attached hydrogens (tertiary/aromatic N) is 2. The molecule has 0 amide bonds. The molecule has 0 aliphatic carbocycles. The Morgan fingerprint density at radius 2 is 2.22 bits per heavy atom. The van der Waals surface area contributed by atoms with Gasteiger partial charge in [0.15, 0.2) is 0 Å². The van der Waals surface area contributed by atoms with Gasteiger partial charge in [-0.2, -0.15) is 5.10 Å². The first-order chi connectivity index (χ1) is 8.60. The van der Waals surface area contributed by atoms with Crippen molar-refractivity contribution in [1.29, 1.82) is 0 Å². The van der Waals surface area contributed by atoms with Crippen molar-refractivity contribution < 1.29 is 0 Å². The van der Waals surface area contributed by atoms with Gasteiger partial charge >= 0.3 is 0 Å². The van der Waals surface area contributed by atoms with Crippen LogP contribution in [0.1, 0.15) is 17.3 Å². The Morgan fingerprint density at radius 3 is 2.78 bits per heavy atom. The monoisotopic (exact) mass is 375 g/mol. The molecule has 1 N–H and O–H groups in total. The molecule has 2 rings (SSSR count). The van der Waals surface area contributed by atoms with Crippen LogP contribution >= 0.6 is 34.2 Å². The first-order valence-corrected chi connectivity index (χ1v) is 7.16. The summed E-state index contributed by atoms with van der Waals surface area (Å²) < 4.78 is 2.90. The van der Waals surface area contributed by atoms with Crippen molar-refractivity contribution in [3.8, 4) is 0 Å². The van der Waals surface area contributed by atoms with Gasteiger partial charge in [0.1, 0.15) is 0 Å². The molecule has 1 aromatic heterocycles. The molecular formula is C13H15ClIN3. The van der Waals surface area contributed by atoms with Crippen molar-refractivity contribution in [3.05, 3.63) is 50.3 Å². The summed E-state index contributed by atoms with van der Waals surface area (Å²) in [6.07, 6.45) is 2.82. The second-order valence-corrected chi connectivity index (χ2v) is 5.77. The summed E-state index contributed by atoms with van der Waals surface area (Å²) in [6, 6.07) is 8.44. The molecule has 0 fully saturated rings. The molecule has 5 heteroatoms. The van der Waals surface area contributed by atoms with Gasteiger partial charge in [-0.15, -0.1) is 0 Å². The Balaban J connectivity index is 2.19. The summed E-state index contributed by atoms with van der Waals surface area (Å²) in [4.78, 5) is 0. The maximum Gasteiger partial charge on any atom is 0.0643 e. The minimum atomic E-state index is 0.231. The highest BCUT2D eigenvalue weighted by molar-refractivity contribution is 14.1. The number of likely N-dealkylation sites (N-methyl/N-ethyl adjacent to an activating group) is 1. The normalized spacial score (nSPS) is 12.7. The highest BCUT2D eigenvalue weighted by atomic mass is 127. The first kappa shape index (κ1) is 13.8. The second-order valence-electron chi connectivity index (χ2n) is 4.20. The third-order valence-corrected chi connectivity index (χ3v) is 4.45. The van der Waals surface area contributed by atoms with E-state index in [2.05, 4.69) is 39.1 Å². The summed E-state index contributed by atoms with van der Waals surface area (Å²) in [5, 5.41) is 8.52. The summed E-state index contributed by atoms with van der Waals surface area (Å²) in [6.45, 7) is 0. The average Bonchev–Trinajstić information content (AvgIpc) is 2.75. The molecule has 0 saturated heterocycles. The average molecular weight is 376 g/mol. The molecule has 1 unspecified atom stereocenters. The Hall–Kier alpha value is -0.590. The van der Waals surface area contributed by atoms with Crippen molar-refractivity contribution in [2.75, 3.05) is 7.05 Å². The first-order valence-electron chi connectivity index (χ1n) is 5.71. The fraction of sp³-hybridized carbons (Fsp3) is 0.308. The number of aromatic nitrogens is 2. The summed E-state index contributed by atoms with van der Waals surface area (Å²) >= 11 is 8.40.